The summed E-state index contributed by atoms with van der Waals surface area (Å²) in [6.45, 7) is 8.94. The van der Waals surface area contributed by atoms with Gasteiger partial charge < -0.3 is 28.7 Å². The van der Waals surface area contributed by atoms with Gasteiger partial charge in [0.15, 0.2) is 17.3 Å². The van der Waals surface area contributed by atoms with E-state index >= 15 is 4.39 Å². The molecule has 0 radical (unpaired) electrons. The number of hydrogen-bond acceptors (Lipinski definition) is 6. The van der Waals surface area contributed by atoms with E-state index in [1.165, 1.54) is 6.07 Å². The van der Waals surface area contributed by atoms with Crippen molar-refractivity contribution in [3.8, 4) is 17.2 Å². The molecule has 6 rings (SSSR count). The van der Waals surface area contributed by atoms with Crippen LogP contribution in [0.4, 0.5) is 10.1 Å². The van der Waals surface area contributed by atoms with Crippen LogP contribution in [0.15, 0.2) is 53.5 Å². The Balaban J connectivity index is 1.60. The number of ether oxygens (including phenoxy) is 2. The molecular weight excluding hydrogens is 511 g/mol. The van der Waals surface area contributed by atoms with Gasteiger partial charge in [0.25, 0.3) is 5.91 Å². The summed E-state index contributed by atoms with van der Waals surface area (Å²) in [4.78, 5) is 33.2. The third-order valence-corrected chi connectivity index (χ3v) is 8.04. The van der Waals surface area contributed by atoms with Crippen molar-refractivity contribution in [1.29, 1.82) is 0 Å². The van der Waals surface area contributed by atoms with Gasteiger partial charge in [0, 0.05) is 44.8 Å². The molecule has 0 atom stereocenters. The minimum atomic E-state index is -0.562. The minimum Gasteiger partial charge on any atom is -0.451 e. The first kappa shape index (κ1) is 26.3. The van der Waals surface area contributed by atoms with Gasteiger partial charge in [0.05, 0.1) is 24.3 Å². The van der Waals surface area contributed by atoms with Crippen molar-refractivity contribution in [3.63, 3.8) is 0 Å². The molecule has 1 aromatic heterocycles. The van der Waals surface area contributed by atoms with Crippen molar-refractivity contribution in [2.45, 2.75) is 13.8 Å². The monoisotopic (exact) mass is 544 g/mol. The van der Waals surface area contributed by atoms with Crippen molar-refractivity contribution < 1.29 is 18.7 Å². The van der Waals surface area contributed by atoms with Crippen LogP contribution in [-0.4, -0.2) is 79.8 Å². The van der Waals surface area contributed by atoms with Crippen LogP contribution in [0.25, 0.3) is 27.4 Å². The molecule has 1 saturated heterocycles. The zero-order chi connectivity index (χ0) is 28.0. The fourth-order valence-electron chi connectivity index (χ4n) is 5.75. The Morgan fingerprint density at radius 2 is 1.77 bits per heavy atom. The zero-order valence-electron chi connectivity index (χ0n) is 23.1. The number of benzene rings is 3. The summed E-state index contributed by atoms with van der Waals surface area (Å²) in [5, 5.41) is 2.01. The number of anilines is 1. The van der Waals surface area contributed by atoms with Crippen molar-refractivity contribution in [2.75, 3.05) is 64.4 Å². The smallest absolute Gasteiger partial charge is 0.259 e. The Kier molecular flexibility index (Phi) is 6.93. The average Bonchev–Trinajstić information content (AvgIpc) is 2.98. The number of nitrogens with zero attached hydrogens (tertiary/aromatic N) is 4. The molecule has 4 aromatic rings. The number of halogens is 1. The van der Waals surface area contributed by atoms with Gasteiger partial charge in [-0.1, -0.05) is 44.2 Å². The number of likely N-dealkylation sites (N-methyl/N-ethyl adjacent to an activating group) is 2. The highest BCUT2D eigenvalue weighted by Gasteiger charge is 2.32. The summed E-state index contributed by atoms with van der Waals surface area (Å²) in [5.41, 5.74) is 0.961. The number of aromatic nitrogens is 1. The summed E-state index contributed by atoms with van der Waals surface area (Å²) in [6, 6.07) is 13.0. The number of rotatable bonds is 7. The quantitative estimate of drug-likeness (QED) is 0.298. The Morgan fingerprint density at radius 3 is 2.52 bits per heavy atom. The first-order valence-corrected chi connectivity index (χ1v) is 13.8. The Bertz CT molecular complexity index is 1670. The molecular formula is C31H33FN4O4. The van der Waals surface area contributed by atoms with Crippen LogP contribution in [0.3, 0.4) is 0 Å². The lowest BCUT2D eigenvalue weighted by Crippen LogP contribution is -2.42. The van der Waals surface area contributed by atoms with Crippen LogP contribution in [0, 0.1) is 5.82 Å². The highest BCUT2D eigenvalue weighted by Crippen LogP contribution is 2.48. The summed E-state index contributed by atoms with van der Waals surface area (Å²) in [5.74, 6) is -0.129. The fourth-order valence-corrected chi connectivity index (χ4v) is 5.75. The molecule has 0 unspecified atom stereocenters. The first-order chi connectivity index (χ1) is 19.4. The van der Waals surface area contributed by atoms with E-state index in [0.717, 1.165) is 36.1 Å². The first-order valence-electron chi connectivity index (χ1n) is 13.8. The maximum absolute atomic E-state index is 16.0. The zero-order valence-corrected chi connectivity index (χ0v) is 23.1. The SMILES string of the molecule is CCN(CC)CCN(C)c1c(F)cc2c(=O)c(C(=O)N3CCOCC3)cn3c2c1Oc1ccc2ccccc2c1-3. The molecule has 2 aliphatic heterocycles. The van der Waals surface area contributed by atoms with E-state index in [-0.39, 0.29) is 22.6 Å². The van der Waals surface area contributed by atoms with E-state index in [1.807, 2.05) is 52.9 Å². The molecule has 40 heavy (non-hydrogen) atoms. The number of morpholine rings is 1. The second-order valence-electron chi connectivity index (χ2n) is 10.3. The van der Waals surface area contributed by atoms with E-state index in [9.17, 15) is 9.59 Å². The molecule has 3 aromatic carbocycles. The summed E-state index contributed by atoms with van der Waals surface area (Å²) in [7, 11) is 1.84. The van der Waals surface area contributed by atoms with Crippen LogP contribution in [0.2, 0.25) is 0 Å². The molecule has 0 spiro atoms. The maximum atomic E-state index is 16.0. The number of fused-ring (bicyclic) bond motifs is 4. The highest BCUT2D eigenvalue weighted by atomic mass is 19.1. The average molecular weight is 545 g/mol. The van der Waals surface area contributed by atoms with Gasteiger partial charge in [-0.25, -0.2) is 4.39 Å². The van der Waals surface area contributed by atoms with Gasteiger partial charge in [0.2, 0.25) is 5.43 Å². The Hall–Kier alpha value is -3.95. The molecule has 8 nitrogen and oxygen atoms in total. The molecule has 9 heteroatoms. The molecule has 2 aliphatic rings. The highest BCUT2D eigenvalue weighted by molar-refractivity contribution is 6.04. The van der Waals surface area contributed by atoms with E-state index in [4.69, 9.17) is 9.47 Å². The number of carbonyl (C=O) groups excluding carboxylic acids is 1. The number of carbonyl (C=O) groups is 1. The molecule has 0 bridgehead atoms. The molecule has 0 N–H and O–H groups in total. The standard InChI is InChI=1S/C31H33FN4O4/c1-4-34(5-2)13-12-33(3)28-24(32)18-22-27-30(28)40-25-11-10-20-8-6-7-9-21(20)26(25)36(27)19-23(29(22)37)31(38)35-14-16-39-17-15-35/h6-11,18-19H,4-5,12-17H2,1-3H3. The van der Waals surface area contributed by atoms with Crippen molar-refractivity contribution in [1.82, 2.24) is 14.4 Å². The van der Waals surface area contributed by atoms with Gasteiger partial charge in [-0.05, 0) is 30.6 Å². The van der Waals surface area contributed by atoms with Gasteiger partial charge in [-0.3, -0.25) is 9.59 Å². The van der Waals surface area contributed by atoms with Gasteiger partial charge in [0.1, 0.15) is 16.8 Å². The summed E-state index contributed by atoms with van der Waals surface area (Å²) < 4.78 is 29.7. The molecule has 1 amide bonds. The lowest BCUT2D eigenvalue weighted by molar-refractivity contribution is 0.0302. The predicted octanol–water partition coefficient (Wildman–Crippen LogP) is 4.64. The fraction of sp³-hybridized carbons (Fsp3) is 0.355. The maximum Gasteiger partial charge on any atom is 0.259 e. The normalized spacial score (nSPS) is 14.5. The van der Waals surface area contributed by atoms with Gasteiger partial charge in [-0.2, -0.15) is 0 Å². The largest absolute Gasteiger partial charge is 0.451 e. The molecule has 208 valence electrons. The Morgan fingerprint density at radius 1 is 1.02 bits per heavy atom. The number of amides is 1. The predicted molar refractivity (Wildman–Crippen MR) is 155 cm³/mol. The lowest BCUT2D eigenvalue weighted by Gasteiger charge is -2.31. The number of hydrogen-bond donors (Lipinski definition) is 0. The van der Waals surface area contributed by atoms with E-state index in [2.05, 4.69) is 18.7 Å². The number of pyridine rings is 1. The van der Waals surface area contributed by atoms with Gasteiger partial charge in [-0.15, -0.1) is 0 Å². The van der Waals surface area contributed by atoms with Crippen molar-refractivity contribution >= 4 is 33.3 Å². The minimum absolute atomic E-state index is 0.00294. The van der Waals surface area contributed by atoms with E-state index in [1.54, 1.807) is 11.1 Å². The van der Waals surface area contributed by atoms with Crippen LogP contribution < -0.4 is 15.1 Å². The molecule has 0 saturated carbocycles. The van der Waals surface area contributed by atoms with Crippen molar-refractivity contribution in [3.05, 3.63) is 70.3 Å². The molecule has 1 fully saturated rings. The Labute approximate surface area is 232 Å². The van der Waals surface area contributed by atoms with Crippen LogP contribution in [-0.2, 0) is 4.74 Å². The second-order valence-corrected chi connectivity index (χ2v) is 10.3. The van der Waals surface area contributed by atoms with Crippen LogP contribution >= 0.6 is 0 Å². The summed E-state index contributed by atoms with van der Waals surface area (Å²) >= 11 is 0. The molecule has 0 aliphatic carbocycles. The summed E-state index contributed by atoms with van der Waals surface area (Å²) in [6.07, 6.45) is 1.61. The van der Waals surface area contributed by atoms with E-state index in [0.29, 0.717) is 49.8 Å². The lowest BCUT2D eigenvalue weighted by atomic mass is 10.0. The third-order valence-electron chi connectivity index (χ3n) is 8.04. The topological polar surface area (TPSA) is 67.2 Å². The van der Waals surface area contributed by atoms with Crippen LogP contribution in [0.1, 0.15) is 24.2 Å². The third kappa shape index (κ3) is 4.30. The van der Waals surface area contributed by atoms with Gasteiger partial charge >= 0.3 is 0 Å². The van der Waals surface area contributed by atoms with E-state index < -0.39 is 11.2 Å². The molecule has 3 heterocycles. The van der Waals surface area contributed by atoms with Crippen LogP contribution in [0.5, 0.6) is 11.5 Å². The van der Waals surface area contributed by atoms with Crippen molar-refractivity contribution in [2.24, 2.45) is 0 Å². The second kappa shape index (κ2) is 10.6.